The summed E-state index contributed by atoms with van der Waals surface area (Å²) in [6.45, 7) is 3.01. The molecule has 1 saturated heterocycles. The van der Waals surface area contributed by atoms with Gasteiger partial charge in [0.25, 0.3) is 0 Å². The number of imidazole rings is 2. The first-order chi connectivity index (χ1) is 12.2. The second-order valence-electron chi connectivity index (χ2n) is 6.96. The molecule has 2 fully saturated rings. The normalized spacial score (nSPS) is 22.1. The molecule has 134 valence electrons. The Hall–Kier alpha value is -2.19. The van der Waals surface area contributed by atoms with E-state index < -0.39 is 6.10 Å². The van der Waals surface area contributed by atoms with E-state index in [-0.39, 0.29) is 5.91 Å². The van der Waals surface area contributed by atoms with E-state index in [0.717, 1.165) is 18.1 Å². The van der Waals surface area contributed by atoms with E-state index in [1.54, 1.807) is 17.4 Å². The molecule has 2 aliphatic rings. The maximum atomic E-state index is 12.5. The first-order valence-electron chi connectivity index (χ1n) is 8.86. The van der Waals surface area contributed by atoms with Gasteiger partial charge in [-0.15, -0.1) is 0 Å². The molecular formula is C17H24N6O2. The first-order valence-corrected chi connectivity index (χ1v) is 8.86. The number of carbonyl (C=O) groups excluding carboxylic acids is 1. The predicted molar refractivity (Wildman–Crippen MR) is 90.7 cm³/mol. The number of aromatic amines is 1. The second-order valence-corrected chi connectivity index (χ2v) is 6.96. The number of H-pyrrole nitrogens is 1. The average Bonchev–Trinajstić information content (AvgIpc) is 3.17. The van der Waals surface area contributed by atoms with E-state index in [4.69, 9.17) is 0 Å². The van der Waals surface area contributed by atoms with Gasteiger partial charge in [0.15, 0.2) is 0 Å². The number of aromatic nitrogens is 4. The molecule has 1 amide bonds. The number of hydrogen-bond acceptors (Lipinski definition) is 5. The quantitative estimate of drug-likeness (QED) is 0.808. The molecule has 0 aromatic carbocycles. The lowest BCUT2D eigenvalue weighted by Gasteiger charge is -2.21. The van der Waals surface area contributed by atoms with Crippen molar-refractivity contribution in [1.29, 1.82) is 0 Å². The van der Waals surface area contributed by atoms with Crippen LogP contribution in [0, 0.1) is 0 Å². The Morgan fingerprint density at radius 2 is 2.20 bits per heavy atom. The number of carbonyl (C=O) groups is 1. The van der Waals surface area contributed by atoms with E-state index in [1.807, 2.05) is 12.4 Å². The monoisotopic (exact) mass is 344 g/mol. The van der Waals surface area contributed by atoms with Gasteiger partial charge in [-0.2, -0.15) is 0 Å². The van der Waals surface area contributed by atoms with Crippen molar-refractivity contribution in [2.75, 3.05) is 26.2 Å². The lowest BCUT2D eigenvalue weighted by atomic mass is 10.2. The fourth-order valence-electron chi connectivity index (χ4n) is 3.43. The molecule has 0 radical (unpaired) electrons. The van der Waals surface area contributed by atoms with E-state index in [0.29, 0.717) is 38.6 Å². The zero-order valence-electron chi connectivity index (χ0n) is 14.2. The first kappa shape index (κ1) is 16.3. The number of rotatable bonds is 5. The minimum atomic E-state index is -0.544. The zero-order valence-corrected chi connectivity index (χ0v) is 14.2. The van der Waals surface area contributed by atoms with Crippen LogP contribution < -0.4 is 0 Å². The van der Waals surface area contributed by atoms with Gasteiger partial charge < -0.3 is 19.6 Å². The van der Waals surface area contributed by atoms with Crippen molar-refractivity contribution in [2.45, 2.75) is 38.0 Å². The Morgan fingerprint density at radius 3 is 2.96 bits per heavy atom. The average molecular weight is 344 g/mol. The molecule has 1 aliphatic heterocycles. The third kappa shape index (κ3) is 3.91. The molecule has 1 aliphatic carbocycles. The summed E-state index contributed by atoms with van der Waals surface area (Å²) < 4.78 is 2.25. The van der Waals surface area contributed by atoms with Crippen molar-refractivity contribution in [2.24, 2.45) is 0 Å². The van der Waals surface area contributed by atoms with Gasteiger partial charge in [-0.05, 0) is 12.8 Å². The summed E-state index contributed by atoms with van der Waals surface area (Å²) in [7, 11) is 0. The van der Waals surface area contributed by atoms with Gasteiger partial charge >= 0.3 is 0 Å². The van der Waals surface area contributed by atoms with Crippen molar-refractivity contribution in [3.63, 3.8) is 0 Å². The number of nitrogens with zero attached hydrogens (tertiary/aromatic N) is 5. The minimum absolute atomic E-state index is 0.0182. The summed E-state index contributed by atoms with van der Waals surface area (Å²) >= 11 is 0. The molecule has 1 atom stereocenters. The van der Waals surface area contributed by atoms with Crippen LogP contribution in [0.1, 0.15) is 30.4 Å². The highest BCUT2D eigenvalue weighted by Crippen LogP contribution is 2.35. The number of aliphatic hydroxyl groups excluding tert-OH is 1. The molecule has 0 spiro atoms. The van der Waals surface area contributed by atoms with E-state index in [1.165, 1.54) is 12.8 Å². The maximum Gasteiger partial charge on any atom is 0.228 e. The highest BCUT2D eigenvalue weighted by molar-refractivity contribution is 5.78. The van der Waals surface area contributed by atoms with E-state index in [2.05, 4.69) is 24.4 Å². The Kier molecular flexibility index (Phi) is 4.54. The molecule has 0 unspecified atom stereocenters. The summed E-state index contributed by atoms with van der Waals surface area (Å²) in [5.41, 5.74) is 0.798. The van der Waals surface area contributed by atoms with Crippen LogP contribution in [0.2, 0.25) is 0 Å². The molecule has 2 aromatic rings. The molecule has 25 heavy (non-hydrogen) atoms. The molecule has 2 aromatic heterocycles. The summed E-state index contributed by atoms with van der Waals surface area (Å²) in [4.78, 5) is 27.8. The fraction of sp³-hybridized carbons (Fsp3) is 0.588. The van der Waals surface area contributed by atoms with Crippen LogP contribution >= 0.6 is 0 Å². The molecule has 1 saturated carbocycles. The molecule has 4 rings (SSSR count). The van der Waals surface area contributed by atoms with Gasteiger partial charge in [0.05, 0.1) is 25.4 Å². The summed E-state index contributed by atoms with van der Waals surface area (Å²) in [5.74, 6) is 1.07. The van der Waals surface area contributed by atoms with Gasteiger partial charge in [0, 0.05) is 56.5 Å². The molecule has 2 N–H and O–H groups in total. The summed E-state index contributed by atoms with van der Waals surface area (Å²) in [6, 6.07) is 0.599. The Balaban J connectivity index is 1.37. The van der Waals surface area contributed by atoms with Gasteiger partial charge in [0.2, 0.25) is 5.91 Å². The summed E-state index contributed by atoms with van der Waals surface area (Å²) in [5, 5.41) is 10.3. The van der Waals surface area contributed by atoms with Crippen LogP contribution in [0.15, 0.2) is 24.9 Å². The minimum Gasteiger partial charge on any atom is -0.390 e. The number of nitrogens with one attached hydrogen (secondary N) is 1. The Bertz CT molecular complexity index is 709. The van der Waals surface area contributed by atoms with Crippen LogP contribution in [0.5, 0.6) is 0 Å². The third-order valence-corrected chi connectivity index (χ3v) is 4.89. The SMILES string of the molecule is O=C(Cc1cnc[nH]1)N1CCN(Cc2nccn2C2CC2)C[C@@H](O)C1. The molecule has 0 bridgehead atoms. The van der Waals surface area contributed by atoms with E-state index in [9.17, 15) is 9.90 Å². The molecule has 8 nitrogen and oxygen atoms in total. The number of β-amino-alcohol motifs (C(OH)–C–C–N with tert-alkyl or cyclic N) is 1. The molecular weight excluding hydrogens is 320 g/mol. The zero-order chi connectivity index (χ0) is 17.2. The van der Waals surface area contributed by atoms with Crippen molar-refractivity contribution >= 4 is 5.91 Å². The smallest absolute Gasteiger partial charge is 0.228 e. The number of hydrogen-bond donors (Lipinski definition) is 2. The van der Waals surface area contributed by atoms with Gasteiger partial charge in [-0.3, -0.25) is 9.69 Å². The third-order valence-electron chi connectivity index (χ3n) is 4.89. The number of amides is 1. The topological polar surface area (TPSA) is 90.3 Å². The van der Waals surface area contributed by atoms with Crippen LogP contribution in [-0.4, -0.2) is 72.6 Å². The highest BCUT2D eigenvalue weighted by Gasteiger charge is 2.28. The predicted octanol–water partition coefficient (Wildman–Crippen LogP) is 0.189. The van der Waals surface area contributed by atoms with Gasteiger partial charge in [-0.1, -0.05) is 0 Å². The van der Waals surface area contributed by atoms with Crippen molar-refractivity contribution in [1.82, 2.24) is 29.3 Å². The maximum absolute atomic E-state index is 12.5. The Labute approximate surface area is 146 Å². The second kappa shape index (κ2) is 6.97. The van der Waals surface area contributed by atoms with E-state index >= 15 is 0 Å². The van der Waals surface area contributed by atoms with Crippen molar-refractivity contribution in [3.8, 4) is 0 Å². The van der Waals surface area contributed by atoms with Crippen LogP contribution in [-0.2, 0) is 17.8 Å². The van der Waals surface area contributed by atoms with Crippen LogP contribution in [0.25, 0.3) is 0 Å². The molecule has 8 heteroatoms. The lowest BCUT2D eigenvalue weighted by molar-refractivity contribution is -0.131. The standard InChI is InChI=1S/C17H24N6O2/c24-15-9-21(11-16-19-3-4-23(16)14-1-2-14)5-6-22(10-15)17(25)7-13-8-18-12-20-13/h3-4,8,12,14-15,24H,1-2,5-7,9-11H2,(H,18,20)/t15-/m1/s1. The Morgan fingerprint density at radius 1 is 1.32 bits per heavy atom. The fourth-order valence-corrected chi connectivity index (χ4v) is 3.43. The van der Waals surface area contributed by atoms with Crippen LogP contribution in [0.3, 0.4) is 0 Å². The van der Waals surface area contributed by atoms with Crippen molar-refractivity contribution in [3.05, 3.63) is 36.4 Å². The molecule has 3 heterocycles. The lowest BCUT2D eigenvalue weighted by Crippen LogP contribution is -2.38. The number of aliphatic hydroxyl groups is 1. The van der Waals surface area contributed by atoms with Crippen LogP contribution in [0.4, 0.5) is 0 Å². The van der Waals surface area contributed by atoms with Crippen molar-refractivity contribution < 1.29 is 9.90 Å². The summed E-state index contributed by atoms with van der Waals surface area (Å²) in [6.07, 6.45) is 9.32. The largest absolute Gasteiger partial charge is 0.390 e. The van der Waals surface area contributed by atoms with Gasteiger partial charge in [0.1, 0.15) is 5.82 Å². The van der Waals surface area contributed by atoms with Gasteiger partial charge in [-0.25, -0.2) is 9.97 Å². The highest BCUT2D eigenvalue weighted by atomic mass is 16.3.